The predicted octanol–water partition coefficient (Wildman–Crippen LogP) is 5.72. The molecule has 1 aromatic heterocycles. The van der Waals surface area contributed by atoms with Crippen molar-refractivity contribution in [1.82, 2.24) is 10.2 Å². The number of aliphatic hydroxyl groups is 1. The molecular formula is C24H27F3N2O5. The number of alkyl halides is 3. The van der Waals surface area contributed by atoms with Crippen LogP contribution in [-0.2, 0) is 10.9 Å². The van der Waals surface area contributed by atoms with Crippen molar-refractivity contribution in [2.24, 2.45) is 0 Å². The molecule has 2 unspecified atom stereocenters. The smallest absolute Gasteiger partial charge is 0.416 e. The van der Waals surface area contributed by atoms with Gasteiger partial charge in [-0.15, -0.1) is 10.2 Å². The summed E-state index contributed by atoms with van der Waals surface area (Å²) in [5, 5.41) is 18.0. The first-order chi connectivity index (χ1) is 15.9. The third kappa shape index (κ3) is 6.06. The summed E-state index contributed by atoms with van der Waals surface area (Å²) in [6.45, 7) is 9.14. The fraction of sp³-hybridized carbons (Fsp3) is 0.417. The van der Waals surface area contributed by atoms with Crippen molar-refractivity contribution < 1.29 is 36.9 Å². The molecule has 0 amide bonds. The molecule has 0 saturated heterocycles. The van der Waals surface area contributed by atoms with Crippen molar-refractivity contribution >= 4 is 0 Å². The second-order valence-corrected chi connectivity index (χ2v) is 8.22. The summed E-state index contributed by atoms with van der Waals surface area (Å²) >= 11 is 0. The van der Waals surface area contributed by atoms with E-state index in [2.05, 4.69) is 10.2 Å². The zero-order valence-electron chi connectivity index (χ0n) is 19.5. The zero-order valence-corrected chi connectivity index (χ0v) is 19.5. The minimum absolute atomic E-state index is 0.0918. The van der Waals surface area contributed by atoms with Gasteiger partial charge in [-0.3, -0.25) is 0 Å². The van der Waals surface area contributed by atoms with Gasteiger partial charge < -0.3 is 23.7 Å². The van der Waals surface area contributed by atoms with Gasteiger partial charge in [-0.25, -0.2) is 0 Å². The Bertz CT molecular complexity index is 1100. The number of hydrogen-bond acceptors (Lipinski definition) is 7. The molecule has 0 aliphatic rings. The number of aryl methyl sites for hydroxylation is 1. The molecule has 0 bridgehead atoms. The lowest BCUT2D eigenvalue weighted by molar-refractivity contribution is -0.186. The molecule has 2 aromatic carbocycles. The van der Waals surface area contributed by atoms with Crippen LogP contribution < -0.4 is 9.47 Å². The summed E-state index contributed by atoms with van der Waals surface area (Å²) in [5.41, 5.74) is -0.577. The van der Waals surface area contributed by atoms with Gasteiger partial charge in [-0.05, 0) is 82.6 Å². The van der Waals surface area contributed by atoms with Crippen LogP contribution in [0.4, 0.5) is 13.2 Å². The molecular weight excluding hydrogens is 453 g/mol. The highest BCUT2D eigenvalue weighted by atomic mass is 19.4. The second kappa shape index (κ2) is 10.0. The molecule has 10 heteroatoms. The molecule has 0 spiro atoms. The normalized spacial score (nSPS) is 14.0. The average molecular weight is 480 g/mol. The standard InChI is InChI=1S/C24H27F3N2O5/c1-6-31-22(30)23(4,5)34-19-12-11-18(13-14(19)2)32-15(3)20-28-29-21(33-20)16-7-9-17(10-8-16)24(25,26)27/h7-13,15,22,30H,6H2,1-5H3. The summed E-state index contributed by atoms with van der Waals surface area (Å²) in [6, 6.07) is 9.66. The van der Waals surface area contributed by atoms with Crippen molar-refractivity contribution in [3.8, 4) is 23.0 Å². The molecule has 34 heavy (non-hydrogen) atoms. The SMILES string of the molecule is CCOC(O)C(C)(C)Oc1ccc(OC(C)c2nnc(-c3ccc(C(F)(F)F)cc3)o2)cc1C. The van der Waals surface area contributed by atoms with Crippen LogP contribution in [0.25, 0.3) is 11.5 Å². The van der Waals surface area contributed by atoms with E-state index >= 15 is 0 Å². The van der Waals surface area contributed by atoms with Gasteiger partial charge >= 0.3 is 6.18 Å². The van der Waals surface area contributed by atoms with Gasteiger partial charge in [0.15, 0.2) is 18.0 Å². The molecule has 1 heterocycles. The molecule has 0 aliphatic carbocycles. The molecule has 0 saturated carbocycles. The number of aromatic nitrogens is 2. The Kier molecular flexibility index (Phi) is 7.52. The predicted molar refractivity (Wildman–Crippen MR) is 117 cm³/mol. The molecule has 0 aliphatic heterocycles. The van der Waals surface area contributed by atoms with Crippen LogP contribution in [0.3, 0.4) is 0 Å². The number of benzene rings is 2. The minimum Gasteiger partial charge on any atom is -0.482 e. The minimum atomic E-state index is -4.42. The van der Waals surface area contributed by atoms with Gasteiger partial charge in [0.1, 0.15) is 11.5 Å². The quantitative estimate of drug-likeness (QED) is 0.392. The molecule has 3 aromatic rings. The average Bonchev–Trinajstić information content (AvgIpc) is 3.26. The summed E-state index contributed by atoms with van der Waals surface area (Å²) < 4.78 is 60.9. The Morgan fingerprint density at radius 1 is 1.06 bits per heavy atom. The highest BCUT2D eigenvalue weighted by Gasteiger charge is 2.32. The van der Waals surface area contributed by atoms with Crippen molar-refractivity contribution in [2.45, 2.75) is 58.8 Å². The molecule has 1 N–H and O–H groups in total. The molecule has 3 rings (SSSR count). The lowest BCUT2D eigenvalue weighted by Gasteiger charge is -2.31. The number of halogens is 3. The highest BCUT2D eigenvalue weighted by molar-refractivity contribution is 5.53. The van der Waals surface area contributed by atoms with Gasteiger partial charge in [0.2, 0.25) is 5.89 Å². The van der Waals surface area contributed by atoms with E-state index in [-0.39, 0.29) is 11.8 Å². The first-order valence-electron chi connectivity index (χ1n) is 10.7. The van der Waals surface area contributed by atoms with Crippen LogP contribution in [0.2, 0.25) is 0 Å². The van der Waals surface area contributed by atoms with Crippen LogP contribution in [0.5, 0.6) is 11.5 Å². The highest BCUT2D eigenvalue weighted by Crippen LogP contribution is 2.32. The zero-order chi connectivity index (χ0) is 25.1. The summed E-state index contributed by atoms with van der Waals surface area (Å²) in [4.78, 5) is 0. The van der Waals surface area contributed by atoms with Gasteiger partial charge in [0.25, 0.3) is 5.89 Å². The first-order valence-corrected chi connectivity index (χ1v) is 10.7. The third-order valence-electron chi connectivity index (χ3n) is 5.00. The van der Waals surface area contributed by atoms with Crippen LogP contribution in [0.1, 0.15) is 50.8 Å². The van der Waals surface area contributed by atoms with E-state index in [1.54, 1.807) is 45.9 Å². The molecule has 2 atom stereocenters. The second-order valence-electron chi connectivity index (χ2n) is 8.22. The van der Waals surface area contributed by atoms with Crippen molar-refractivity contribution in [3.05, 3.63) is 59.5 Å². The Hall–Kier alpha value is -3.11. The van der Waals surface area contributed by atoms with Gasteiger partial charge in [0, 0.05) is 12.2 Å². The van der Waals surface area contributed by atoms with Crippen LogP contribution >= 0.6 is 0 Å². The van der Waals surface area contributed by atoms with Crippen molar-refractivity contribution in [1.29, 1.82) is 0 Å². The van der Waals surface area contributed by atoms with Gasteiger partial charge in [-0.1, -0.05) is 0 Å². The Morgan fingerprint density at radius 3 is 2.32 bits per heavy atom. The third-order valence-corrected chi connectivity index (χ3v) is 5.00. The number of rotatable bonds is 9. The van der Waals surface area contributed by atoms with E-state index in [4.69, 9.17) is 18.6 Å². The molecule has 0 radical (unpaired) electrons. The monoisotopic (exact) mass is 480 g/mol. The maximum Gasteiger partial charge on any atom is 0.416 e. The maximum atomic E-state index is 12.7. The van der Waals surface area contributed by atoms with Crippen molar-refractivity contribution in [3.63, 3.8) is 0 Å². The topological polar surface area (TPSA) is 86.8 Å². The van der Waals surface area contributed by atoms with Gasteiger partial charge in [-0.2, -0.15) is 13.2 Å². The Labute approximate surface area is 195 Å². The summed E-state index contributed by atoms with van der Waals surface area (Å²) in [5.74, 6) is 1.35. The van der Waals surface area contributed by atoms with Crippen LogP contribution in [0.15, 0.2) is 46.9 Å². The molecule has 184 valence electrons. The van der Waals surface area contributed by atoms with Crippen LogP contribution in [-0.4, -0.2) is 33.8 Å². The lowest BCUT2D eigenvalue weighted by Crippen LogP contribution is -2.43. The van der Waals surface area contributed by atoms with E-state index in [1.807, 2.05) is 6.92 Å². The van der Waals surface area contributed by atoms with E-state index in [0.29, 0.717) is 23.7 Å². The fourth-order valence-electron chi connectivity index (χ4n) is 3.07. The Balaban J connectivity index is 1.68. The largest absolute Gasteiger partial charge is 0.482 e. The van der Waals surface area contributed by atoms with Gasteiger partial charge in [0.05, 0.1) is 5.56 Å². The Morgan fingerprint density at radius 2 is 1.74 bits per heavy atom. The van der Waals surface area contributed by atoms with E-state index < -0.39 is 29.7 Å². The molecule has 0 fully saturated rings. The summed E-state index contributed by atoms with van der Waals surface area (Å²) in [7, 11) is 0. The number of nitrogens with zero attached hydrogens (tertiary/aromatic N) is 2. The summed E-state index contributed by atoms with van der Waals surface area (Å²) in [6.07, 6.45) is -6.12. The lowest BCUT2D eigenvalue weighted by atomic mass is 10.1. The number of hydrogen-bond donors (Lipinski definition) is 1. The van der Waals surface area contributed by atoms with E-state index in [9.17, 15) is 18.3 Å². The molecule has 7 nitrogen and oxygen atoms in total. The first kappa shape index (κ1) is 25.5. The van der Waals surface area contributed by atoms with E-state index in [1.165, 1.54) is 12.1 Å². The van der Waals surface area contributed by atoms with E-state index in [0.717, 1.165) is 17.7 Å². The van der Waals surface area contributed by atoms with Crippen molar-refractivity contribution in [2.75, 3.05) is 6.61 Å². The van der Waals surface area contributed by atoms with Crippen LogP contribution in [0, 0.1) is 6.92 Å². The number of aliphatic hydroxyl groups excluding tert-OH is 1. The number of ether oxygens (including phenoxy) is 3. The maximum absolute atomic E-state index is 12.7. The fourth-order valence-corrected chi connectivity index (χ4v) is 3.07.